The van der Waals surface area contributed by atoms with E-state index in [4.69, 9.17) is 11.6 Å². The lowest BCUT2D eigenvalue weighted by atomic mass is 9.84. The molecule has 1 aliphatic heterocycles. The van der Waals surface area contributed by atoms with Gasteiger partial charge in [-0.05, 0) is 29.5 Å². The van der Waals surface area contributed by atoms with Crippen LogP contribution in [0.1, 0.15) is 26.3 Å². The first-order valence-electron chi connectivity index (χ1n) is 7.10. The minimum atomic E-state index is -0.455. The zero-order valence-electron chi connectivity index (χ0n) is 12.6. The summed E-state index contributed by atoms with van der Waals surface area (Å²) in [4.78, 5) is 25.9. The third-order valence-electron chi connectivity index (χ3n) is 3.65. The third-order valence-corrected chi connectivity index (χ3v) is 3.90. The fourth-order valence-corrected chi connectivity index (χ4v) is 2.52. The highest BCUT2D eigenvalue weighted by Gasteiger charge is 2.39. The maximum atomic E-state index is 12.5. The predicted octanol–water partition coefficient (Wildman–Crippen LogP) is 2.26. The number of hydrogen-bond acceptors (Lipinski definition) is 2. The molecule has 4 nitrogen and oxygen atoms in total. The fraction of sp³-hybridized carbons (Fsp3) is 0.500. The van der Waals surface area contributed by atoms with Crippen LogP contribution in [-0.4, -0.2) is 35.8 Å². The van der Waals surface area contributed by atoms with Gasteiger partial charge in [-0.15, -0.1) is 0 Å². The molecule has 1 atom stereocenters. The topological polar surface area (TPSA) is 49.4 Å². The third kappa shape index (κ3) is 3.97. The van der Waals surface area contributed by atoms with Crippen LogP contribution in [0.5, 0.6) is 0 Å². The van der Waals surface area contributed by atoms with E-state index in [-0.39, 0.29) is 23.8 Å². The molecule has 2 rings (SSSR count). The van der Waals surface area contributed by atoms with Crippen LogP contribution in [0.15, 0.2) is 24.3 Å². The lowest BCUT2D eigenvalue weighted by molar-refractivity contribution is -0.147. The molecule has 0 bridgehead atoms. The number of hydrogen-bond donors (Lipinski definition) is 1. The first-order valence-corrected chi connectivity index (χ1v) is 7.48. The molecule has 21 heavy (non-hydrogen) atoms. The number of halogens is 1. The van der Waals surface area contributed by atoms with Crippen LogP contribution in [0.2, 0.25) is 5.02 Å². The van der Waals surface area contributed by atoms with Gasteiger partial charge >= 0.3 is 0 Å². The van der Waals surface area contributed by atoms with Gasteiger partial charge in [0.05, 0.1) is 6.54 Å². The Kier molecular flexibility index (Phi) is 4.57. The first kappa shape index (κ1) is 15.8. The Balaban J connectivity index is 2.03. The molecule has 0 aliphatic carbocycles. The van der Waals surface area contributed by atoms with Gasteiger partial charge in [-0.25, -0.2) is 0 Å². The van der Waals surface area contributed by atoms with E-state index in [2.05, 4.69) is 5.32 Å². The molecule has 2 amide bonds. The van der Waals surface area contributed by atoms with E-state index in [1.807, 2.05) is 45.0 Å². The van der Waals surface area contributed by atoms with Gasteiger partial charge in [-0.2, -0.15) is 0 Å². The van der Waals surface area contributed by atoms with Gasteiger partial charge in [0.1, 0.15) is 6.04 Å². The van der Waals surface area contributed by atoms with Crippen molar-refractivity contribution in [1.82, 2.24) is 10.2 Å². The smallest absolute Gasteiger partial charge is 0.246 e. The summed E-state index contributed by atoms with van der Waals surface area (Å²) in [6.07, 6.45) is 0.715. The highest BCUT2D eigenvalue weighted by molar-refractivity contribution is 6.30. The quantitative estimate of drug-likeness (QED) is 0.931. The van der Waals surface area contributed by atoms with Crippen LogP contribution < -0.4 is 5.32 Å². The predicted molar refractivity (Wildman–Crippen MR) is 83.1 cm³/mol. The SMILES string of the molecule is CC(C)(C)C1NC(=O)CN(CCc2ccc(Cl)cc2)C1=O. The molecule has 0 radical (unpaired) electrons. The number of nitrogens with zero attached hydrogens (tertiary/aromatic N) is 1. The van der Waals surface area contributed by atoms with Crippen molar-refractivity contribution in [2.75, 3.05) is 13.1 Å². The molecular weight excluding hydrogens is 288 g/mol. The van der Waals surface area contributed by atoms with E-state index in [0.29, 0.717) is 18.0 Å². The molecule has 0 saturated carbocycles. The summed E-state index contributed by atoms with van der Waals surface area (Å²) in [7, 11) is 0. The van der Waals surface area contributed by atoms with Crippen LogP contribution in [0.4, 0.5) is 0 Å². The molecule has 0 aromatic heterocycles. The zero-order chi connectivity index (χ0) is 15.6. The van der Waals surface area contributed by atoms with E-state index in [1.165, 1.54) is 0 Å². The van der Waals surface area contributed by atoms with E-state index in [1.54, 1.807) is 4.90 Å². The summed E-state index contributed by atoms with van der Waals surface area (Å²) in [5.41, 5.74) is 0.816. The summed E-state index contributed by atoms with van der Waals surface area (Å²) in [5.74, 6) is -0.0957. The molecule has 1 aromatic carbocycles. The van der Waals surface area contributed by atoms with Crippen LogP contribution in [0.25, 0.3) is 0 Å². The summed E-state index contributed by atoms with van der Waals surface area (Å²) in [6, 6.07) is 7.10. The second kappa shape index (κ2) is 6.06. The van der Waals surface area contributed by atoms with E-state index >= 15 is 0 Å². The molecule has 1 saturated heterocycles. The van der Waals surface area contributed by atoms with Crippen molar-refractivity contribution in [2.24, 2.45) is 5.41 Å². The molecule has 1 aliphatic rings. The van der Waals surface area contributed by atoms with Gasteiger partial charge in [0, 0.05) is 11.6 Å². The van der Waals surface area contributed by atoms with Gasteiger partial charge in [0.25, 0.3) is 0 Å². The maximum absolute atomic E-state index is 12.5. The summed E-state index contributed by atoms with van der Waals surface area (Å²) < 4.78 is 0. The van der Waals surface area contributed by atoms with Crippen molar-refractivity contribution >= 4 is 23.4 Å². The van der Waals surface area contributed by atoms with Gasteiger partial charge in [0.2, 0.25) is 11.8 Å². The summed E-state index contributed by atoms with van der Waals surface area (Å²) in [5, 5.41) is 3.49. The van der Waals surface area contributed by atoms with Gasteiger partial charge in [-0.3, -0.25) is 9.59 Å². The van der Waals surface area contributed by atoms with Crippen molar-refractivity contribution in [2.45, 2.75) is 33.2 Å². The standard InChI is InChI=1S/C16H21ClN2O2/c1-16(2,3)14-15(21)19(10-13(20)18-14)9-8-11-4-6-12(17)7-5-11/h4-7,14H,8-10H2,1-3H3,(H,18,20). The molecule has 1 heterocycles. The van der Waals surface area contributed by atoms with Crippen LogP contribution in [0.3, 0.4) is 0 Å². The molecular formula is C16H21ClN2O2. The van der Waals surface area contributed by atoms with E-state index in [9.17, 15) is 9.59 Å². The molecule has 114 valence electrons. The van der Waals surface area contributed by atoms with Gasteiger partial charge in [0.15, 0.2) is 0 Å². The molecule has 1 N–H and O–H groups in total. The average molecular weight is 309 g/mol. The molecule has 5 heteroatoms. The zero-order valence-corrected chi connectivity index (χ0v) is 13.4. The summed E-state index contributed by atoms with van der Waals surface area (Å²) in [6.45, 7) is 6.55. The van der Waals surface area contributed by atoms with Crippen molar-refractivity contribution in [3.63, 3.8) is 0 Å². The Labute approximate surface area is 130 Å². The minimum Gasteiger partial charge on any atom is -0.342 e. The molecule has 1 fully saturated rings. The Hall–Kier alpha value is -1.55. The second-order valence-electron chi connectivity index (χ2n) is 6.50. The molecule has 1 aromatic rings. The van der Waals surface area contributed by atoms with Crippen molar-refractivity contribution in [1.29, 1.82) is 0 Å². The number of benzene rings is 1. The Morgan fingerprint density at radius 3 is 2.43 bits per heavy atom. The van der Waals surface area contributed by atoms with Crippen molar-refractivity contribution < 1.29 is 9.59 Å². The minimum absolute atomic E-state index is 0.00364. The number of carbonyl (C=O) groups is 2. The van der Waals surface area contributed by atoms with E-state index < -0.39 is 6.04 Å². The van der Waals surface area contributed by atoms with Crippen molar-refractivity contribution in [3.8, 4) is 0 Å². The normalized spacial score (nSPS) is 19.6. The summed E-state index contributed by atoms with van der Waals surface area (Å²) >= 11 is 5.85. The van der Waals surface area contributed by atoms with Crippen molar-refractivity contribution in [3.05, 3.63) is 34.9 Å². The highest BCUT2D eigenvalue weighted by Crippen LogP contribution is 2.23. The largest absolute Gasteiger partial charge is 0.342 e. The molecule has 1 unspecified atom stereocenters. The molecule has 0 spiro atoms. The number of rotatable bonds is 3. The highest BCUT2D eigenvalue weighted by atomic mass is 35.5. The number of piperazine rings is 1. The Bertz CT molecular complexity index is 534. The number of amides is 2. The number of carbonyl (C=O) groups excluding carboxylic acids is 2. The lowest BCUT2D eigenvalue weighted by Gasteiger charge is -2.38. The van der Waals surface area contributed by atoms with E-state index in [0.717, 1.165) is 5.56 Å². The Morgan fingerprint density at radius 1 is 1.24 bits per heavy atom. The van der Waals surface area contributed by atoms with Crippen LogP contribution in [-0.2, 0) is 16.0 Å². The second-order valence-corrected chi connectivity index (χ2v) is 6.94. The maximum Gasteiger partial charge on any atom is 0.246 e. The first-order chi connectivity index (χ1) is 9.77. The van der Waals surface area contributed by atoms with Gasteiger partial charge < -0.3 is 10.2 Å². The number of nitrogens with one attached hydrogen (secondary N) is 1. The lowest BCUT2D eigenvalue weighted by Crippen LogP contribution is -2.62. The fourth-order valence-electron chi connectivity index (χ4n) is 2.39. The monoisotopic (exact) mass is 308 g/mol. The average Bonchev–Trinajstić information content (AvgIpc) is 2.40. The Morgan fingerprint density at radius 2 is 1.86 bits per heavy atom. The van der Waals surface area contributed by atoms with Crippen LogP contribution in [0, 0.1) is 5.41 Å². The van der Waals surface area contributed by atoms with Gasteiger partial charge in [-0.1, -0.05) is 44.5 Å². The van der Waals surface area contributed by atoms with Crippen LogP contribution >= 0.6 is 11.6 Å².